The third-order valence-electron chi connectivity index (χ3n) is 3.69. The SMILES string of the molecule is CC(Cn1cncn1)C(=O)Nc1ccc(-c2cccc(F)c2)cc1. The number of carbonyl (C=O) groups is 1. The van der Waals surface area contributed by atoms with E-state index in [1.54, 1.807) is 29.2 Å². The van der Waals surface area contributed by atoms with Gasteiger partial charge in [0, 0.05) is 5.69 Å². The van der Waals surface area contributed by atoms with E-state index >= 15 is 0 Å². The Bertz CT molecular complexity index is 815. The van der Waals surface area contributed by atoms with E-state index < -0.39 is 0 Å². The molecule has 0 aliphatic heterocycles. The molecule has 1 N–H and O–H groups in total. The van der Waals surface area contributed by atoms with E-state index in [-0.39, 0.29) is 17.6 Å². The number of anilines is 1. The van der Waals surface area contributed by atoms with Gasteiger partial charge in [0.1, 0.15) is 18.5 Å². The molecule has 0 saturated heterocycles. The summed E-state index contributed by atoms with van der Waals surface area (Å²) in [7, 11) is 0. The molecule has 2 aromatic carbocycles. The number of amides is 1. The summed E-state index contributed by atoms with van der Waals surface area (Å²) in [5.41, 5.74) is 2.39. The molecule has 0 spiro atoms. The van der Waals surface area contributed by atoms with Crippen LogP contribution in [0.5, 0.6) is 0 Å². The molecular weight excluding hydrogens is 307 g/mol. The summed E-state index contributed by atoms with van der Waals surface area (Å²) in [5, 5.41) is 6.86. The second-order valence-corrected chi connectivity index (χ2v) is 5.60. The van der Waals surface area contributed by atoms with Crippen molar-refractivity contribution in [1.29, 1.82) is 0 Å². The van der Waals surface area contributed by atoms with Crippen molar-refractivity contribution >= 4 is 11.6 Å². The van der Waals surface area contributed by atoms with Crippen LogP contribution in [0, 0.1) is 11.7 Å². The zero-order valence-corrected chi connectivity index (χ0v) is 13.2. The second kappa shape index (κ2) is 7.04. The van der Waals surface area contributed by atoms with Crippen molar-refractivity contribution in [3.05, 3.63) is 67.0 Å². The third-order valence-corrected chi connectivity index (χ3v) is 3.69. The molecule has 0 bridgehead atoms. The van der Waals surface area contributed by atoms with E-state index in [0.29, 0.717) is 12.2 Å². The average Bonchev–Trinajstić information content (AvgIpc) is 3.08. The quantitative estimate of drug-likeness (QED) is 0.783. The van der Waals surface area contributed by atoms with E-state index in [1.807, 2.05) is 25.1 Å². The number of rotatable bonds is 5. The first-order valence-corrected chi connectivity index (χ1v) is 7.61. The maximum atomic E-state index is 13.3. The Balaban J connectivity index is 1.64. The molecule has 0 aliphatic carbocycles. The lowest BCUT2D eigenvalue weighted by atomic mass is 10.1. The molecule has 1 amide bonds. The lowest BCUT2D eigenvalue weighted by molar-refractivity contribution is -0.119. The van der Waals surface area contributed by atoms with Gasteiger partial charge in [0.2, 0.25) is 5.91 Å². The first-order chi connectivity index (χ1) is 11.6. The highest BCUT2D eigenvalue weighted by Crippen LogP contribution is 2.22. The van der Waals surface area contributed by atoms with Crippen LogP contribution in [0.15, 0.2) is 61.2 Å². The number of aromatic nitrogens is 3. The molecule has 0 saturated carbocycles. The Morgan fingerprint density at radius 3 is 2.67 bits per heavy atom. The van der Waals surface area contributed by atoms with Crippen molar-refractivity contribution in [2.75, 3.05) is 5.32 Å². The minimum atomic E-state index is -0.271. The van der Waals surface area contributed by atoms with Crippen molar-refractivity contribution in [1.82, 2.24) is 14.8 Å². The van der Waals surface area contributed by atoms with Crippen LogP contribution in [-0.2, 0) is 11.3 Å². The summed E-state index contributed by atoms with van der Waals surface area (Å²) in [4.78, 5) is 16.1. The summed E-state index contributed by atoms with van der Waals surface area (Å²) in [5.74, 6) is -0.606. The van der Waals surface area contributed by atoms with Crippen molar-refractivity contribution < 1.29 is 9.18 Å². The maximum absolute atomic E-state index is 13.3. The number of nitrogens with one attached hydrogen (secondary N) is 1. The molecule has 0 aliphatic rings. The lowest BCUT2D eigenvalue weighted by Crippen LogP contribution is -2.24. The van der Waals surface area contributed by atoms with Gasteiger partial charge in [-0.25, -0.2) is 9.37 Å². The van der Waals surface area contributed by atoms with Gasteiger partial charge in [0.05, 0.1) is 12.5 Å². The summed E-state index contributed by atoms with van der Waals surface area (Å²) in [6.45, 7) is 2.30. The van der Waals surface area contributed by atoms with Gasteiger partial charge in [-0.3, -0.25) is 9.48 Å². The Hall–Kier alpha value is -3.02. The van der Waals surface area contributed by atoms with E-state index in [1.165, 1.54) is 18.5 Å². The van der Waals surface area contributed by atoms with Crippen molar-refractivity contribution in [3.63, 3.8) is 0 Å². The molecule has 5 nitrogen and oxygen atoms in total. The van der Waals surface area contributed by atoms with E-state index in [4.69, 9.17) is 0 Å². The van der Waals surface area contributed by atoms with Crippen molar-refractivity contribution in [3.8, 4) is 11.1 Å². The van der Waals surface area contributed by atoms with E-state index in [9.17, 15) is 9.18 Å². The molecule has 1 heterocycles. The highest BCUT2D eigenvalue weighted by molar-refractivity contribution is 5.92. The standard InChI is InChI=1S/C18H17FN4O/c1-13(10-23-12-20-11-21-23)18(24)22-17-7-5-14(6-8-17)15-3-2-4-16(19)9-15/h2-9,11-13H,10H2,1H3,(H,22,24). The summed E-state index contributed by atoms with van der Waals surface area (Å²) in [6, 6.07) is 13.7. The Morgan fingerprint density at radius 1 is 1.21 bits per heavy atom. The largest absolute Gasteiger partial charge is 0.326 e. The monoisotopic (exact) mass is 324 g/mol. The normalized spacial score (nSPS) is 11.9. The van der Waals surface area contributed by atoms with Gasteiger partial charge in [0.15, 0.2) is 0 Å². The van der Waals surface area contributed by atoms with Gasteiger partial charge in [0.25, 0.3) is 0 Å². The fraction of sp³-hybridized carbons (Fsp3) is 0.167. The van der Waals surface area contributed by atoms with Crippen LogP contribution in [-0.4, -0.2) is 20.7 Å². The zero-order chi connectivity index (χ0) is 16.9. The second-order valence-electron chi connectivity index (χ2n) is 5.60. The predicted octanol–water partition coefficient (Wildman–Crippen LogP) is 3.36. The molecule has 24 heavy (non-hydrogen) atoms. The molecule has 1 unspecified atom stereocenters. The van der Waals surface area contributed by atoms with Crippen LogP contribution in [0.4, 0.5) is 10.1 Å². The van der Waals surface area contributed by atoms with Crippen LogP contribution < -0.4 is 5.32 Å². The predicted molar refractivity (Wildman–Crippen MR) is 89.7 cm³/mol. The van der Waals surface area contributed by atoms with Crippen molar-refractivity contribution in [2.45, 2.75) is 13.5 Å². The molecule has 3 aromatic rings. The van der Waals surface area contributed by atoms with E-state index in [0.717, 1.165) is 11.1 Å². The maximum Gasteiger partial charge on any atom is 0.229 e. The van der Waals surface area contributed by atoms with Crippen LogP contribution in [0.2, 0.25) is 0 Å². The number of carbonyl (C=O) groups excluding carboxylic acids is 1. The third kappa shape index (κ3) is 3.84. The summed E-state index contributed by atoms with van der Waals surface area (Å²) in [6.07, 6.45) is 3.02. The number of nitrogens with zero attached hydrogens (tertiary/aromatic N) is 3. The first-order valence-electron chi connectivity index (χ1n) is 7.61. The molecule has 1 atom stereocenters. The fourth-order valence-electron chi connectivity index (χ4n) is 2.37. The van der Waals surface area contributed by atoms with Gasteiger partial charge in [-0.15, -0.1) is 0 Å². The molecule has 1 aromatic heterocycles. The molecule has 0 fully saturated rings. The van der Waals surface area contributed by atoms with Gasteiger partial charge in [-0.2, -0.15) is 5.10 Å². The average molecular weight is 324 g/mol. The van der Waals surface area contributed by atoms with E-state index in [2.05, 4.69) is 15.4 Å². The smallest absolute Gasteiger partial charge is 0.229 e. The van der Waals surface area contributed by atoms with Crippen LogP contribution in [0.1, 0.15) is 6.92 Å². The number of hydrogen-bond acceptors (Lipinski definition) is 3. The van der Waals surface area contributed by atoms with Crippen molar-refractivity contribution in [2.24, 2.45) is 5.92 Å². The van der Waals surface area contributed by atoms with Crippen LogP contribution in [0.25, 0.3) is 11.1 Å². The molecule has 0 radical (unpaired) electrons. The van der Waals surface area contributed by atoms with Crippen LogP contribution >= 0.6 is 0 Å². The first kappa shape index (κ1) is 15.9. The lowest BCUT2D eigenvalue weighted by Gasteiger charge is -2.12. The summed E-state index contributed by atoms with van der Waals surface area (Å²) >= 11 is 0. The minimum absolute atomic E-state index is 0.0935. The molecule has 6 heteroatoms. The van der Waals surface area contributed by atoms with Gasteiger partial charge >= 0.3 is 0 Å². The highest BCUT2D eigenvalue weighted by Gasteiger charge is 2.14. The van der Waals surface area contributed by atoms with Crippen LogP contribution in [0.3, 0.4) is 0 Å². The fourth-order valence-corrected chi connectivity index (χ4v) is 2.37. The topological polar surface area (TPSA) is 59.8 Å². The molecular formula is C18H17FN4O. The van der Waals surface area contributed by atoms with Gasteiger partial charge < -0.3 is 5.32 Å². The zero-order valence-electron chi connectivity index (χ0n) is 13.2. The Kier molecular flexibility index (Phi) is 4.65. The minimum Gasteiger partial charge on any atom is -0.326 e. The Morgan fingerprint density at radius 2 is 2.00 bits per heavy atom. The number of hydrogen-bond donors (Lipinski definition) is 1. The highest BCUT2D eigenvalue weighted by atomic mass is 19.1. The van der Waals surface area contributed by atoms with Gasteiger partial charge in [-0.05, 0) is 35.4 Å². The molecule has 3 rings (SSSR count). The van der Waals surface area contributed by atoms with Gasteiger partial charge in [-0.1, -0.05) is 31.2 Å². The number of benzene rings is 2. The molecule has 122 valence electrons. The number of halogens is 1. The Labute approximate surface area is 139 Å². The summed E-state index contributed by atoms with van der Waals surface area (Å²) < 4.78 is 14.9.